The number of hydrogen-bond acceptors (Lipinski definition) is 1. The topological polar surface area (TPSA) is 12.9 Å². The van der Waals surface area contributed by atoms with Crippen LogP contribution in [0.25, 0.3) is 22.4 Å². The average molecular weight is 489 g/mol. The molecule has 1 aromatic heterocycles. The van der Waals surface area contributed by atoms with Gasteiger partial charge < -0.3 is 4.98 Å². The van der Waals surface area contributed by atoms with Gasteiger partial charge in [-0.2, -0.15) is 0 Å². The van der Waals surface area contributed by atoms with Crippen LogP contribution in [0.1, 0.15) is 42.2 Å². The monoisotopic (exact) mass is 489 g/mol. The van der Waals surface area contributed by atoms with Crippen LogP contribution < -0.4 is 0 Å². The predicted octanol–water partition coefficient (Wildman–Crippen LogP) is 5.58. The maximum atomic E-state index is 4.74. The average Bonchev–Trinajstić information content (AvgIpc) is 3.25. The first-order valence-corrected chi connectivity index (χ1v) is 8.46. The van der Waals surface area contributed by atoms with Gasteiger partial charge in [-0.15, -0.1) is 35.4 Å². The Morgan fingerprint density at radius 3 is 2.50 bits per heavy atom. The summed E-state index contributed by atoms with van der Waals surface area (Å²) in [4.78, 5) is 4.74. The van der Waals surface area contributed by atoms with Crippen LogP contribution in [0.5, 0.6) is 0 Å². The molecule has 0 aliphatic heterocycles. The minimum Gasteiger partial charge on any atom is -0.304 e. The molecule has 0 N–H and O–H groups in total. The van der Waals surface area contributed by atoms with E-state index in [9.17, 15) is 0 Å². The summed E-state index contributed by atoms with van der Waals surface area (Å²) in [6.07, 6.45) is 6.18. The van der Waals surface area contributed by atoms with E-state index in [-0.39, 0.29) is 20.1 Å². The summed E-state index contributed by atoms with van der Waals surface area (Å²) in [6, 6.07) is 22.5. The molecule has 2 unspecified atom stereocenters. The second-order valence-corrected chi connectivity index (χ2v) is 6.76. The maximum Gasteiger partial charge on any atom is 0.0198 e. The fraction of sp³-hybridized carbons (Fsp3) is 0.227. The van der Waals surface area contributed by atoms with Crippen LogP contribution in [0.3, 0.4) is 0 Å². The normalized spacial score (nSPS) is 20.5. The molecule has 1 saturated carbocycles. The fourth-order valence-corrected chi connectivity index (χ4v) is 4.29. The molecule has 1 fully saturated rings. The van der Waals surface area contributed by atoms with Crippen LogP contribution in [-0.4, -0.2) is 4.98 Å². The molecular formula is C22H18IrN-. The Bertz CT molecular complexity index is 872. The van der Waals surface area contributed by atoms with Crippen molar-refractivity contribution in [2.45, 2.75) is 31.1 Å². The fourth-order valence-electron chi connectivity index (χ4n) is 4.29. The van der Waals surface area contributed by atoms with Gasteiger partial charge in [-0.05, 0) is 53.5 Å². The Morgan fingerprint density at radius 2 is 1.67 bits per heavy atom. The molecule has 3 aromatic rings. The van der Waals surface area contributed by atoms with Gasteiger partial charge in [-0.25, -0.2) is 0 Å². The molecule has 2 aliphatic rings. The van der Waals surface area contributed by atoms with Gasteiger partial charge in [0.15, 0.2) is 0 Å². The molecule has 0 amide bonds. The number of aromatic nitrogens is 1. The van der Waals surface area contributed by atoms with E-state index in [1.165, 1.54) is 36.0 Å². The molecule has 5 rings (SSSR count). The van der Waals surface area contributed by atoms with Crippen molar-refractivity contribution in [3.05, 3.63) is 78.0 Å². The van der Waals surface area contributed by atoms with Gasteiger partial charge in [0.2, 0.25) is 0 Å². The van der Waals surface area contributed by atoms with Crippen molar-refractivity contribution in [3.8, 4) is 22.4 Å². The Balaban J connectivity index is 0.00000146. The van der Waals surface area contributed by atoms with Gasteiger partial charge in [0, 0.05) is 26.3 Å². The summed E-state index contributed by atoms with van der Waals surface area (Å²) in [7, 11) is 0. The number of rotatable bonds is 2. The molecule has 2 aromatic carbocycles. The summed E-state index contributed by atoms with van der Waals surface area (Å²) in [5.41, 5.74) is 7.67. The molecule has 121 valence electrons. The van der Waals surface area contributed by atoms with Crippen molar-refractivity contribution < 1.29 is 20.1 Å². The number of hydrogen-bond donors (Lipinski definition) is 0. The van der Waals surface area contributed by atoms with Crippen molar-refractivity contribution >= 4 is 0 Å². The molecular weight excluding hydrogens is 470 g/mol. The van der Waals surface area contributed by atoms with E-state index in [1.807, 2.05) is 6.07 Å². The Hall–Kier alpha value is -1.76. The van der Waals surface area contributed by atoms with Crippen molar-refractivity contribution in [2.24, 2.45) is 0 Å². The van der Waals surface area contributed by atoms with Gasteiger partial charge in [0.05, 0.1) is 0 Å². The minimum atomic E-state index is 0. The molecule has 2 bridgehead atoms. The van der Waals surface area contributed by atoms with E-state index in [2.05, 4.69) is 60.8 Å². The molecule has 1 nitrogen and oxygen atoms in total. The molecule has 1 radical (unpaired) electrons. The third-order valence-corrected chi connectivity index (χ3v) is 5.47. The number of pyridine rings is 1. The maximum absolute atomic E-state index is 4.74. The van der Waals surface area contributed by atoms with Gasteiger partial charge >= 0.3 is 0 Å². The predicted molar refractivity (Wildman–Crippen MR) is 93.3 cm³/mol. The summed E-state index contributed by atoms with van der Waals surface area (Å²) >= 11 is 0. The zero-order valence-electron chi connectivity index (χ0n) is 13.3. The van der Waals surface area contributed by atoms with E-state index in [4.69, 9.17) is 4.98 Å². The van der Waals surface area contributed by atoms with Crippen LogP contribution in [0.15, 0.2) is 60.8 Å². The largest absolute Gasteiger partial charge is 0.304 e. The van der Waals surface area contributed by atoms with Crippen LogP contribution in [0.4, 0.5) is 0 Å². The van der Waals surface area contributed by atoms with Gasteiger partial charge in [0.1, 0.15) is 0 Å². The Labute approximate surface area is 156 Å². The number of nitrogens with zero attached hydrogens (tertiary/aromatic N) is 1. The smallest absolute Gasteiger partial charge is 0.0198 e. The number of fused-ring (bicyclic) bond motifs is 5. The Morgan fingerprint density at radius 1 is 0.875 bits per heavy atom. The SMILES string of the molecule is [Ir].[c-]1ccc(-c2ccccc2)cc1-c1cc2c(cn1)C1CCC2C1. The van der Waals surface area contributed by atoms with Crippen molar-refractivity contribution in [3.63, 3.8) is 0 Å². The first kappa shape index (κ1) is 15.7. The second kappa shape index (κ2) is 6.27. The molecule has 1 heterocycles. The second-order valence-electron chi connectivity index (χ2n) is 6.76. The number of benzene rings is 2. The van der Waals surface area contributed by atoms with Crippen molar-refractivity contribution in [1.82, 2.24) is 4.98 Å². The molecule has 24 heavy (non-hydrogen) atoms. The third-order valence-electron chi connectivity index (χ3n) is 5.47. The van der Waals surface area contributed by atoms with Crippen molar-refractivity contribution in [1.29, 1.82) is 0 Å². The van der Waals surface area contributed by atoms with Gasteiger partial charge in [-0.1, -0.05) is 36.4 Å². The van der Waals surface area contributed by atoms with E-state index < -0.39 is 0 Å². The van der Waals surface area contributed by atoms with Crippen LogP contribution in [0.2, 0.25) is 0 Å². The van der Waals surface area contributed by atoms with Crippen molar-refractivity contribution in [2.75, 3.05) is 0 Å². The standard InChI is InChI=1S/C22H18N.Ir/c1-2-5-15(6-3-1)16-7-4-8-19(11-16)22-13-20-17-9-10-18(12-17)21(20)14-23-22;/h1-7,11,13-14,17-18H,9-10,12H2;/q-1;. The zero-order valence-corrected chi connectivity index (χ0v) is 15.7. The molecule has 2 atom stereocenters. The van der Waals surface area contributed by atoms with Gasteiger partial charge in [-0.3, -0.25) is 0 Å². The van der Waals surface area contributed by atoms with Gasteiger partial charge in [0.25, 0.3) is 0 Å². The quantitative estimate of drug-likeness (QED) is 0.430. The molecule has 2 heteroatoms. The Kier molecular flexibility index (Phi) is 4.12. The first-order valence-electron chi connectivity index (χ1n) is 8.46. The van der Waals surface area contributed by atoms with E-state index in [1.54, 1.807) is 5.56 Å². The summed E-state index contributed by atoms with van der Waals surface area (Å²) in [5.74, 6) is 1.55. The molecule has 2 aliphatic carbocycles. The van der Waals surface area contributed by atoms with E-state index >= 15 is 0 Å². The van der Waals surface area contributed by atoms with Crippen LogP contribution >= 0.6 is 0 Å². The summed E-state index contributed by atoms with van der Waals surface area (Å²) in [5, 5.41) is 0. The van der Waals surface area contributed by atoms with Crippen LogP contribution in [-0.2, 0) is 20.1 Å². The molecule has 0 spiro atoms. The zero-order chi connectivity index (χ0) is 15.2. The third kappa shape index (κ3) is 2.55. The first-order chi connectivity index (χ1) is 11.4. The van der Waals surface area contributed by atoms with Crippen LogP contribution in [0, 0.1) is 6.07 Å². The van der Waals surface area contributed by atoms with E-state index in [0.717, 1.165) is 23.1 Å². The summed E-state index contributed by atoms with van der Waals surface area (Å²) in [6.45, 7) is 0. The molecule has 0 saturated heterocycles. The van der Waals surface area contributed by atoms with E-state index in [0.29, 0.717) is 0 Å². The summed E-state index contributed by atoms with van der Waals surface area (Å²) < 4.78 is 0. The minimum absolute atomic E-state index is 0.